The molecule has 0 aromatic heterocycles. The molecule has 0 heterocycles. The van der Waals surface area contributed by atoms with Crippen molar-refractivity contribution in [2.45, 2.75) is 20.8 Å². The van der Waals surface area contributed by atoms with E-state index >= 15 is 0 Å². The van der Waals surface area contributed by atoms with Crippen molar-refractivity contribution in [1.29, 1.82) is 0 Å². The molecule has 0 saturated carbocycles. The van der Waals surface area contributed by atoms with Crippen LogP contribution in [0.25, 0.3) is 11.1 Å². The summed E-state index contributed by atoms with van der Waals surface area (Å²) < 4.78 is 26.1. The number of hydrogen-bond acceptors (Lipinski definition) is 9. The summed E-state index contributed by atoms with van der Waals surface area (Å²) in [4.78, 5) is 46.9. The Morgan fingerprint density at radius 1 is 0.676 bits per heavy atom. The molecule has 0 atom stereocenters. The molecule has 0 N–H and O–H groups in total. The van der Waals surface area contributed by atoms with E-state index in [1.54, 1.807) is 37.3 Å². The summed E-state index contributed by atoms with van der Waals surface area (Å²) in [6, 6.07) is 11.3. The highest BCUT2D eigenvalue weighted by Crippen LogP contribution is 2.34. The van der Waals surface area contributed by atoms with Crippen molar-refractivity contribution in [3.8, 4) is 28.4 Å². The molecule has 0 aliphatic heterocycles. The minimum Gasteiger partial charge on any atom is -0.489 e. The third-order valence-corrected chi connectivity index (χ3v) is 4.50. The molecule has 0 fully saturated rings. The van der Waals surface area contributed by atoms with E-state index < -0.39 is 30.5 Å². The first kappa shape index (κ1) is 28.6. The van der Waals surface area contributed by atoms with Gasteiger partial charge >= 0.3 is 23.9 Å². The zero-order valence-electron chi connectivity index (χ0n) is 21.0. The van der Waals surface area contributed by atoms with Crippen LogP contribution in [0.5, 0.6) is 17.2 Å². The highest BCUT2D eigenvalue weighted by atomic mass is 16.6. The third kappa shape index (κ3) is 9.14. The number of carbonyl (C=O) groups is 4. The largest absolute Gasteiger partial charge is 0.489 e. The summed E-state index contributed by atoms with van der Waals surface area (Å²) in [6.07, 6.45) is 0. The van der Waals surface area contributed by atoms with Crippen LogP contribution in [0.4, 0.5) is 0 Å². The van der Waals surface area contributed by atoms with Crippen LogP contribution in [0.2, 0.25) is 0 Å². The van der Waals surface area contributed by atoms with Gasteiger partial charge < -0.3 is 23.7 Å². The SMILES string of the molecule is C=C(C)C(=O)OCCOc1cc(OC(=O)COC(=O)C(=C)C)ccc1-c1ccc(OC(=O)C(=C)C)cc1. The van der Waals surface area contributed by atoms with Gasteiger partial charge in [-0.05, 0) is 50.6 Å². The Morgan fingerprint density at radius 2 is 1.24 bits per heavy atom. The molecule has 2 aromatic rings. The molecule has 0 spiro atoms. The minimum absolute atomic E-state index is 0.00789. The van der Waals surface area contributed by atoms with Crippen molar-refractivity contribution in [3.05, 3.63) is 78.9 Å². The molecule has 2 aromatic carbocycles. The first-order chi connectivity index (χ1) is 17.5. The van der Waals surface area contributed by atoms with Gasteiger partial charge in [-0.15, -0.1) is 0 Å². The number of carbonyl (C=O) groups excluding carboxylic acids is 4. The Bertz CT molecular complexity index is 1220. The molecular formula is C28H28O9. The molecule has 0 bridgehead atoms. The molecule has 0 amide bonds. The van der Waals surface area contributed by atoms with E-state index in [4.69, 9.17) is 23.7 Å². The monoisotopic (exact) mass is 508 g/mol. The molecule has 0 aliphatic rings. The first-order valence-corrected chi connectivity index (χ1v) is 11.1. The topological polar surface area (TPSA) is 114 Å². The molecular weight excluding hydrogens is 480 g/mol. The Morgan fingerprint density at radius 3 is 1.84 bits per heavy atom. The fourth-order valence-corrected chi connectivity index (χ4v) is 2.64. The van der Waals surface area contributed by atoms with Crippen LogP contribution in [0.1, 0.15) is 20.8 Å². The van der Waals surface area contributed by atoms with Crippen LogP contribution in [0.15, 0.2) is 78.9 Å². The average molecular weight is 509 g/mol. The van der Waals surface area contributed by atoms with Gasteiger partial charge in [-0.1, -0.05) is 31.9 Å². The standard InChI is InChI=1S/C28H28O9/c1-17(2)26(30)34-14-13-33-24-15-22(36-25(29)16-35-27(31)18(3)4)11-12-23(24)20-7-9-21(10-8-20)37-28(32)19(5)6/h7-12,15H,1,3,5,13-14,16H2,2,4,6H3. The Hall–Kier alpha value is -4.66. The van der Waals surface area contributed by atoms with Crippen molar-refractivity contribution >= 4 is 23.9 Å². The minimum atomic E-state index is -0.799. The molecule has 2 rings (SSSR count). The van der Waals surface area contributed by atoms with Gasteiger partial charge in [-0.2, -0.15) is 0 Å². The Kier molecular flexibility index (Phi) is 10.4. The smallest absolute Gasteiger partial charge is 0.349 e. The van der Waals surface area contributed by atoms with Crippen LogP contribution in [-0.2, 0) is 28.7 Å². The van der Waals surface area contributed by atoms with E-state index in [1.807, 2.05) is 0 Å². The van der Waals surface area contributed by atoms with Crippen LogP contribution < -0.4 is 14.2 Å². The van der Waals surface area contributed by atoms with Crippen molar-refractivity contribution in [3.63, 3.8) is 0 Å². The number of ether oxygens (including phenoxy) is 5. The van der Waals surface area contributed by atoms with Gasteiger partial charge in [0.2, 0.25) is 0 Å². The fraction of sp³-hybridized carbons (Fsp3) is 0.214. The molecule has 194 valence electrons. The maximum atomic E-state index is 12.1. The van der Waals surface area contributed by atoms with Crippen LogP contribution in [0.3, 0.4) is 0 Å². The Labute approximate surface area is 214 Å². The maximum absolute atomic E-state index is 12.1. The normalized spacial score (nSPS) is 10.0. The second kappa shape index (κ2) is 13.4. The number of esters is 4. The molecule has 37 heavy (non-hydrogen) atoms. The summed E-state index contributed by atoms with van der Waals surface area (Å²) in [5, 5.41) is 0. The Balaban J connectivity index is 2.21. The fourth-order valence-electron chi connectivity index (χ4n) is 2.64. The molecule has 0 radical (unpaired) electrons. The summed E-state index contributed by atoms with van der Waals surface area (Å²) in [7, 11) is 0. The highest BCUT2D eigenvalue weighted by molar-refractivity contribution is 5.89. The van der Waals surface area contributed by atoms with E-state index in [0.717, 1.165) is 0 Å². The number of rotatable bonds is 12. The van der Waals surface area contributed by atoms with Gasteiger partial charge in [0.25, 0.3) is 0 Å². The maximum Gasteiger partial charge on any atom is 0.349 e. The van der Waals surface area contributed by atoms with Crippen molar-refractivity contribution < 1.29 is 42.9 Å². The first-order valence-electron chi connectivity index (χ1n) is 11.1. The third-order valence-electron chi connectivity index (χ3n) is 4.50. The van der Waals surface area contributed by atoms with Gasteiger partial charge in [0, 0.05) is 28.3 Å². The lowest BCUT2D eigenvalue weighted by Crippen LogP contribution is -2.19. The van der Waals surface area contributed by atoms with Gasteiger partial charge in [0.1, 0.15) is 30.5 Å². The summed E-state index contributed by atoms with van der Waals surface area (Å²) in [5.74, 6) is -1.80. The van der Waals surface area contributed by atoms with Crippen LogP contribution in [-0.4, -0.2) is 43.7 Å². The van der Waals surface area contributed by atoms with Gasteiger partial charge in [-0.3, -0.25) is 0 Å². The second-order valence-electron chi connectivity index (χ2n) is 7.95. The summed E-state index contributed by atoms with van der Waals surface area (Å²) >= 11 is 0. The molecule has 9 nitrogen and oxygen atoms in total. The predicted molar refractivity (Wildman–Crippen MR) is 135 cm³/mol. The quantitative estimate of drug-likeness (QED) is 0.179. The molecule has 0 unspecified atom stereocenters. The lowest BCUT2D eigenvalue weighted by atomic mass is 10.0. The van der Waals surface area contributed by atoms with Gasteiger partial charge in [0.05, 0.1) is 0 Å². The zero-order valence-corrected chi connectivity index (χ0v) is 21.0. The van der Waals surface area contributed by atoms with Crippen LogP contribution in [0, 0.1) is 0 Å². The van der Waals surface area contributed by atoms with E-state index in [1.165, 1.54) is 26.0 Å². The highest BCUT2D eigenvalue weighted by Gasteiger charge is 2.14. The average Bonchev–Trinajstić information content (AvgIpc) is 2.85. The van der Waals surface area contributed by atoms with E-state index in [2.05, 4.69) is 19.7 Å². The summed E-state index contributed by atoms with van der Waals surface area (Å²) in [5.41, 5.74) is 2.01. The van der Waals surface area contributed by atoms with Crippen molar-refractivity contribution in [1.82, 2.24) is 0 Å². The van der Waals surface area contributed by atoms with Crippen LogP contribution >= 0.6 is 0 Å². The van der Waals surface area contributed by atoms with Gasteiger partial charge in [0.15, 0.2) is 6.61 Å². The zero-order chi connectivity index (χ0) is 27.5. The van der Waals surface area contributed by atoms with Crippen molar-refractivity contribution in [2.75, 3.05) is 19.8 Å². The predicted octanol–water partition coefficient (Wildman–Crippen LogP) is 4.36. The number of hydrogen-bond donors (Lipinski definition) is 0. The van der Waals surface area contributed by atoms with Crippen molar-refractivity contribution in [2.24, 2.45) is 0 Å². The molecule has 9 heteroatoms. The number of benzene rings is 2. The molecule has 0 aliphatic carbocycles. The second-order valence-corrected chi connectivity index (χ2v) is 7.95. The lowest BCUT2D eigenvalue weighted by molar-refractivity contribution is -0.150. The summed E-state index contributed by atoms with van der Waals surface area (Å²) in [6.45, 7) is 14.4. The van der Waals surface area contributed by atoms with E-state index in [0.29, 0.717) is 22.6 Å². The van der Waals surface area contributed by atoms with E-state index in [9.17, 15) is 19.2 Å². The van der Waals surface area contributed by atoms with E-state index in [-0.39, 0.29) is 35.7 Å². The molecule has 0 saturated heterocycles. The lowest BCUT2D eigenvalue weighted by Gasteiger charge is -2.14. The van der Waals surface area contributed by atoms with Gasteiger partial charge in [-0.25, -0.2) is 19.2 Å².